The van der Waals surface area contributed by atoms with Crippen molar-refractivity contribution in [2.24, 2.45) is 0 Å². The molecule has 0 aliphatic carbocycles. The molecule has 0 fully saturated rings. The lowest BCUT2D eigenvalue weighted by Gasteiger charge is -1.78. The van der Waals surface area contributed by atoms with Gasteiger partial charge in [0, 0.05) is 0 Å². The van der Waals surface area contributed by atoms with E-state index < -0.39 is 0 Å². The van der Waals surface area contributed by atoms with E-state index in [4.69, 9.17) is 0 Å². The first-order valence-electron chi connectivity index (χ1n) is 2.02. The Morgan fingerprint density at radius 1 is 1.50 bits per heavy atom. The third-order valence-electron chi connectivity index (χ3n) is 0.512. The highest BCUT2D eigenvalue weighted by Gasteiger charge is 1.68. The van der Waals surface area contributed by atoms with Crippen molar-refractivity contribution >= 4 is 12.6 Å². The van der Waals surface area contributed by atoms with Gasteiger partial charge in [0.2, 0.25) is 0 Å². The van der Waals surface area contributed by atoms with Crippen LogP contribution in [0.1, 0.15) is 19.8 Å². The molecule has 39 valence electrons. The highest BCUT2D eigenvalue weighted by Crippen LogP contribution is 1.85. The minimum atomic E-state index is 0. The Bertz CT molecular complexity index is 15.0. The summed E-state index contributed by atoms with van der Waals surface area (Å²) in [6, 6.07) is 0. The van der Waals surface area contributed by atoms with Crippen LogP contribution in [-0.2, 0) is 0 Å². The van der Waals surface area contributed by atoms with Gasteiger partial charge in [-0.3, -0.25) is 5.48 Å². The van der Waals surface area contributed by atoms with Crippen molar-refractivity contribution in [3.8, 4) is 0 Å². The summed E-state index contributed by atoms with van der Waals surface area (Å²) in [6.45, 7) is 2.16. The fraction of sp³-hybridized carbons (Fsp3) is 1.00. The number of unbranched alkanes of at least 4 members (excludes halogenated alkanes) is 1. The molecule has 6 heavy (non-hydrogen) atoms. The minimum absolute atomic E-state index is 0. The van der Waals surface area contributed by atoms with Crippen molar-refractivity contribution < 1.29 is 5.48 Å². The van der Waals surface area contributed by atoms with Gasteiger partial charge < -0.3 is 0 Å². The molecule has 0 spiro atoms. The van der Waals surface area contributed by atoms with Crippen LogP contribution >= 0.6 is 12.6 Å². The van der Waals surface area contributed by atoms with Gasteiger partial charge in [-0.05, 0) is 12.2 Å². The predicted octanol–water partition coefficient (Wildman–Crippen LogP) is 1.54. The molecule has 0 aliphatic rings. The maximum Gasteiger partial charge on any atom is -0.00980 e. The lowest BCUT2D eigenvalue weighted by Crippen LogP contribution is -1.65. The molecule has 1 nitrogen and oxygen atoms in total. The normalized spacial score (nSPS) is 7.00. The zero-order chi connectivity index (χ0) is 4.12. The largest absolute Gasteiger partial charge is 0.255 e. The average molecular weight is 107 g/mol. The van der Waals surface area contributed by atoms with Gasteiger partial charge in [-0.2, -0.15) is 12.6 Å². The molecular weight excluding hydrogens is 96.1 g/mol. The number of hydrogen-bond donors (Lipinski definition) is 2. The Kier molecular flexibility index (Phi) is 14.4. The van der Waals surface area contributed by atoms with Crippen molar-refractivity contribution in [1.82, 2.24) is 0 Å². The topological polar surface area (TPSA) is 30.0 Å². The summed E-state index contributed by atoms with van der Waals surface area (Å²) in [5.41, 5.74) is 0. The van der Waals surface area contributed by atoms with Gasteiger partial charge in [0.05, 0.1) is 0 Å². The molecule has 0 heterocycles. The molecule has 0 bridgehead atoms. The van der Waals surface area contributed by atoms with Crippen LogP contribution in [0.3, 0.4) is 0 Å². The van der Waals surface area contributed by atoms with Crippen molar-refractivity contribution in [3.05, 3.63) is 0 Å². The van der Waals surface area contributed by atoms with E-state index in [-0.39, 0.29) is 5.48 Å². The standard InChI is InChI=1S/C4H10S.HO/c1-2-3-4-5;/h5H,2-4H2,1H3;1H. The highest BCUT2D eigenvalue weighted by atomic mass is 32.1. The van der Waals surface area contributed by atoms with Crippen LogP contribution in [0.15, 0.2) is 0 Å². The van der Waals surface area contributed by atoms with Gasteiger partial charge in [0.15, 0.2) is 0 Å². The van der Waals surface area contributed by atoms with E-state index >= 15 is 0 Å². The maximum atomic E-state index is 4.00. The van der Waals surface area contributed by atoms with Crippen molar-refractivity contribution in [2.75, 3.05) is 5.75 Å². The zero-order valence-electron chi connectivity index (χ0n) is 4.02. The van der Waals surface area contributed by atoms with E-state index in [1.54, 1.807) is 0 Å². The van der Waals surface area contributed by atoms with Gasteiger partial charge in [0.1, 0.15) is 0 Å². The van der Waals surface area contributed by atoms with E-state index in [1.807, 2.05) is 0 Å². The summed E-state index contributed by atoms with van der Waals surface area (Å²) < 4.78 is 0. The van der Waals surface area contributed by atoms with Crippen LogP contribution in [0, 0.1) is 0 Å². The van der Waals surface area contributed by atoms with Crippen LogP contribution in [-0.4, -0.2) is 11.2 Å². The van der Waals surface area contributed by atoms with E-state index in [0.29, 0.717) is 0 Å². The van der Waals surface area contributed by atoms with Gasteiger partial charge >= 0.3 is 0 Å². The molecular formula is C4H11OS. The van der Waals surface area contributed by atoms with E-state index in [1.165, 1.54) is 12.8 Å². The minimum Gasteiger partial charge on any atom is -0.255 e. The maximum absolute atomic E-state index is 4.00. The number of thiol groups is 1. The first-order chi connectivity index (χ1) is 2.41. The molecule has 1 N–H and O–H groups in total. The molecule has 0 aromatic heterocycles. The van der Waals surface area contributed by atoms with Crippen molar-refractivity contribution in [1.29, 1.82) is 0 Å². The van der Waals surface area contributed by atoms with E-state index in [0.717, 1.165) is 5.75 Å². The molecule has 0 unspecified atom stereocenters. The van der Waals surface area contributed by atoms with Crippen LogP contribution in [0.5, 0.6) is 0 Å². The van der Waals surface area contributed by atoms with Gasteiger partial charge in [-0.25, -0.2) is 0 Å². The predicted molar refractivity (Wildman–Crippen MR) is 30.7 cm³/mol. The summed E-state index contributed by atoms with van der Waals surface area (Å²) in [6.07, 6.45) is 2.52. The Balaban J connectivity index is 0. The van der Waals surface area contributed by atoms with Crippen LogP contribution in [0.4, 0.5) is 0 Å². The summed E-state index contributed by atoms with van der Waals surface area (Å²) >= 11 is 4.00. The molecule has 0 rings (SSSR count). The lowest BCUT2D eigenvalue weighted by atomic mass is 10.4. The van der Waals surface area contributed by atoms with E-state index in [2.05, 4.69) is 19.6 Å². The monoisotopic (exact) mass is 107 g/mol. The van der Waals surface area contributed by atoms with Gasteiger partial charge in [-0.15, -0.1) is 0 Å². The molecule has 0 saturated heterocycles. The van der Waals surface area contributed by atoms with Crippen molar-refractivity contribution in [3.63, 3.8) is 0 Å². The third-order valence-corrected chi connectivity index (χ3v) is 0.828. The Hall–Kier alpha value is 0.310. The highest BCUT2D eigenvalue weighted by molar-refractivity contribution is 7.80. The van der Waals surface area contributed by atoms with Crippen molar-refractivity contribution in [2.45, 2.75) is 19.8 Å². The fourth-order valence-electron chi connectivity index (χ4n) is 0.158. The second kappa shape index (κ2) is 9.00. The summed E-state index contributed by atoms with van der Waals surface area (Å²) in [7, 11) is 0. The van der Waals surface area contributed by atoms with Crippen LogP contribution in [0.25, 0.3) is 0 Å². The van der Waals surface area contributed by atoms with Gasteiger partial charge in [-0.1, -0.05) is 13.3 Å². The van der Waals surface area contributed by atoms with Crippen LogP contribution in [0.2, 0.25) is 0 Å². The number of hydrogen-bond acceptors (Lipinski definition) is 1. The SMILES string of the molecule is CCCCS.[OH]. The summed E-state index contributed by atoms with van der Waals surface area (Å²) in [4.78, 5) is 0. The summed E-state index contributed by atoms with van der Waals surface area (Å²) in [5, 5.41) is 0. The molecule has 0 aromatic rings. The Morgan fingerprint density at radius 2 is 2.00 bits per heavy atom. The third kappa shape index (κ3) is 8.85. The molecule has 0 aliphatic heterocycles. The second-order valence-corrected chi connectivity index (χ2v) is 1.52. The second-order valence-electron chi connectivity index (χ2n) is 1.08. The smallest absolute Gasteiger partial charge is 0.00980 e. The molecule has 2 heteroatoms. The molecule has 1 radical (unpaired) electrons. The lowest BCUT2D eigenvalue weighted by molar-refractivity contribution is 0.824. The first kappa shape index (κ1) is 9.58. The molecule has 0 atom stereocenters. The average Bonchev–Trinajstić information content (AvgIpc) is 1.41. The van der Waals surface area contributed by atoms with Gasteiger partial charge in [0.25, 0.3) is 0 Å². The summed E-state index contributed by atoms with van der Waals surface area (Å²) in [5.74, 6) is 1.04. The Morgan fingerprint density at radius 3 is 2.00 bits per heavy atom. The molecule has 0 amide bonds. The van der Waals surface area contributed by atoms with E-state index in [9.17, 15) is 0 Å². The Labute approximate surface area is 44.5 Å². The zero-order valence-corrected chi connectivity index (χ0v) is 4.91. The first-order valence-corrected chi connectivity index (χ1v) is 2.66. The fourth-order valence-corrected chi connectivity index (χ4v) is 0.474. The molecule has 0 aromatic carbocycles. The quantitative estimate of drug-likeness (QED) is 0.501. The van der Waals surface area contributed by atoms with Crippen LogP contribution < -0.4 is 0 Å². The molecule has 0 saturated carbocycles. The number of rotatable bonds is 2.